The molecule has 156 valence electrons. The Morgan fingerprint density at radius 2 is 1.67 bits per heavy atom. The Kier molecular flexibility index (Phi) is 6.43. The van der Waals surface area contributed by atoms with Crippen LogP contribution in [0.3, 0.4) is 0 Å². The van der Waals surface area contributed by atoms with Crippen LogP contribution in [0.1, 0.15) is 86.0 Å². The van der Waals surface area contributed by atoms with Crippen LogP contribution in [0.25, 0.3) is 0 Å². The Balaban J connectivity index is 0.000000376. The summed E-state index contributed by atoms with van der Waals surface area (Å²) in [6.45, 7) is 12.7. The fourth-order valence-corrected chi connectivity index (χ4v) is 7.58. The first-order valence-electron chi connectivity index (χ1n) is 11.6. The van der Waals surface area contributed by atoms with E-state index in [0.717, 1.165) is 50.2 Å². The molecule has 0 amide bonds. The molecule has 0 aliphatic heterocycles. The van der Waals surface area contributed by atoms with Crippen LogP contribution in [0.5, 0.6) is 0 Å². The lowest BCUT2D eigenvalue weighted by Gasteiger charge is -2.60. The van der Waals surface area contributed by atoms with Gasteiger partial charge < -0.3 is 9.84 Å². The number of carbonyl (C=O) groups excluding carboxylic acids is 1. The van der Waals surface area contributed by atoms with Crippen LogP contribution in [-0.2, 0) is 9.53 Å². The van der Waals surface area contributed by atoms with E-state index in [4.69, 9.17) is 4.74 Å². The van der Waals surface area contributed by atoms with Gasteiger partial charge in [0.2, 0.25) is 0 Å². The minimum atomic E-state index is -0.0733. The number of Topliss-reactive ketones (excluding diaryl/α,β-unsaturated/α-hetero) is 1. The quantitative estimate of drug-likeness (QED) is 0.714. The Labute approximate surface area is 166 Å². The molecule has 8 atom stereocenters. The van der Waals surface area contributed by atoms with E-state index in [1.54, 1.807) is 0 Å². The summed E-state index contributed by atoms with van der Waals surface area (Å²) in [6, 6.07) is 0. The zero-order chi connectivity index (χ0) is 19.8. The molecule has 3 nitrogen and oxygen atoms in total. The molecule has 4 saturated carbocycles. The summed E-state index contributed by atoms with van der Waals surface area (Å²) in [5.74, 6) is 3.74. The smallest absolute Gasteiger partial charge is 0.136 e. The highest BCUT2D eigenvalue weighted by atomic mass is 16.5. The van der Waals surface area contributed by atoms with Crippen molar-refractivity contribution in [3.8, 4) is 0 Å². The normalized spacial score (nSPS) is 48.7. The molecule has 0 saturated heterocycles. The molecule has 27 heavy (non-hydrogen) atoms. The van der Waals surface area contributed by atoms with E-state index in [1.807, 2.05) is 13.8 Å². The van der Waals surface area contributed by atoms with Crippen molar-refractivity contribution in [3.05, 3.63) is 0 Å². The molecule has 4 aliphatic carbocycles. The van der Waals surface area contributed by atoms with E-state index in [1.165, 1.54) is 32.1 Å². The number of hydrogen-bond acceptors (Lipinski definition) is 3. The fraction of sp³-hybridized carbons (Fsp3) is 0.958. The Morgan fingerprint density at radius 1 is 1.00 bits per heavy atom. The van der Waals surface area contributed by atoms with E-state index >= 15 is 0 Å². The molecular weight excluding hydrogens is 336 g/mol. The predicted molar refractivity (Wildman–Crippen MR) is 109 cm³/mol. The third-order valence-corrected chi connectivity index (χ3v) is 9.17. The van der Waals surface area contributed by atoms with Crippen molar-refractivity contribution in [2.45, 2.75) is 92.1 Å². The molecule has 3 heteroatoms. The van der Waals surface area contributed by atoms with Gasteiger partial charge in [-0.3, -0.25) is 4.79 Å². The second-order valence-electron chi connectivity index (χ2n) is 10.4. The highest BCUT2D eigenvalue weighted by Crippen LogP contribution is 2.66. The predicted octanol–water partition coefficient (Wildman–Crippen LogP) is 5.25. The molecule has 0 aromatic heterocycles. The summed E-state index contributed by atoms with van der Waals surface area (Å²) in [7, 11) is 0. The monoisotopic (exact) mass is 378 g/mol. The van der Waals surface area contributed by atoms with Crippen LogP contribution >= 0.6 is 0 Å². The van der Waals surface area contributed by atoms with Crippen LogP contribution in [0.15, 0.2) is 0 Å². The van der Waals surface area contributed by atoms with Crippen LogP contribution in [-0.4, -0.2) is 30.2 Å². The first-order chi connectivity index (χ1) is 12.8. The summed E-state index contributed by atoms with van der Waals surface area (Å²) < 4.78 is 4.83. The molecule has 0 aromatic rings. The van der Waals surface area contributed by atoms with Gasteiger partial charge in [0.05, 0.1) is 6.10 Å². The van der Waals surface area contributed by atoms with Crippen LogP contribution in [0.4, 0.5) is 0 Å². The van der Waals surface area contributed by atoms with Crippen LogP contribution in [0, 0.1) is 40.4 Å². The number of carbonyl (C=O) groups is 1. The van der Waals surface area contributed by atoms with Crippen LogP contribution in [0.2, 0.25) is 0 Å². The number of fused-ring (bicyclic) bond motifs is 5. The molecule has 0 unspecified atom stereocenters. The number of ketones is 1. The first kappa shape index (κ1) is 21.3. The molecule has 0 heterocycles. The van der Waals surface area contributed by atoms with Gasteiger partial charge in [0.25, 0.3) is 0 Å². The zero-order valence-corrected chi connectivity index (χ0v) is 18.3. The molecule has 0 radical (unpaired) electrons. The topological polar surface area (TPSA) is 46.5 Å². The Hall–Kier alpha value is -0.410. The van der Waals surface area contributed by atoms with Gasteiger partial charge in [-0.05, 0) is 93.3 Å². The number of ether oxygens (including phenoxy) is 1. The SMILES string of the molecule is CCOCC.C[C@@H]1C[C@@]2(C)[C@@H](CC[C@@H]3[C@@H]2CC[C@]2(C)[C@@H](O)CC[C@@H]32)CC1=O. The molecular formula is C24H42O3. The molecule has 4 rings (SSSR count). The van der Waals surface area contributed by atoms with Crippen molar-refractivity contribution >= 4 is 5.78 Å². The summed E-state index contributed by atoms with van der Waals surface area (Å²) in [6.07, 6.45) is 9.16. The number of aliphatic hydroxyl groups is 1. The van der Waals surface area contributed by atoms with Gasteiger partial charge >= 0.3 is 0 Å². The molecule has 0 bridgehead atoms. The lowest BCUT2D eigenvalue weighted by Crippen LogP contribution is -2.55. The van der Waals surface area contributed by atoms with Gasteiger partial charge in [-0.1, -0.05) is 20.8 Å². The van der Waals surface area contributed by atoms with Crippen molar-refractivity contribution in [2.24, 2.45) is 40.4 Å². The van der Waals surface area contributed by atoms with E-state index in [0.29, 0.717) is 17.1 Å². The maximum atomic E-state index is 12.2. The van der Waals surface area contributed by atoms with E-state index in [9.17, 15) is 9.90 Å². The number of aliphatic hydroxyl groups excluding tert-OH is 1. The maximum Gasteiger partial charge on any atom is 0.136 e. The number of rotatable bonds is 2. The highest BCUT2D eigenvalue weighted by Gasteiger charge is 2.60. The zero-order valence-electron chi connectivity index (χ0n) is 18.3. The standard InChI is InChI=1S/C20H32O2.C4H10O/c1-12-11-20(3)13(10-17(12)21)4-5-14-15-6-7-18(22)19(15,2)9-8-16(14)20;1-3-5-4-2/h12-16,18,22H,4-11H2,1-3H3;3-4H2,1-2H3/t12-,13+,14+,15+,16+,18+,19+,20+;/m1./s1. The van der Waals surface area contributed by atoms with Gasteiger partial charge in [0.1, 0.15) is 5.78 Å². The third kappa shape index (κ3) is 3.64. The average Bonchev–Trinajstić information content (AvgIpc) is 2.93. The summed E-state index contributed by atoms with van der Waals surface area (Å²) in [5, 5.41) is 10.5. The lowest BCUT2D eigenvalue weighted by molar-refractivity contribution is -0.148. The van der Waals surface area contributed by atoms with E-state index < -0.39 is 0 Å². The van der Waals surface area contributed by atoms with Gasteiger partial charge in [0.15, 0.2) is 0 Å². The maximum absolute atomic E-state index is 12.2. The average molecular weight is 379 g/mol. The molecule has 4 aliphatic rings. The Bertz CT molecular complexity index is 530. The first-order valence-corrected chi connectivity index (χ1v) is 11.6. The molecule has 0 aromatic carbocycles. The van der Waals surface area contributed by atoms with Gasteiger partial charge in [-0.15, -0.1) is 0 Å². The van der Waals surface area contributed by atoms with Crippen LogP contribution < -0.4 is 0 Å². The van der Waals surface area contributed by atoms with E-state index in [2.05, 4.69) is 20.8 Å². The molecule has 4 fully saturated rings. The second kappa shape index (κ2) is 8.14. The third-order valence-electron chi connectivity index (χ3n) is 9.17. The van der Waals surface area contributed by atoms with Crippen molar-refractivity contribution in [2.75, 3.05) is 13.2 Å². The lowest BCUT2D eigenvalue weighted by atomic mass is 9.44. The van der Waals surface area contributed by atoms with Crippen molar-refractivity contribution < 1.29 is 14.6 Å². The van der Waals surface area contributed by atoms with E-state index in [-0.39, 0.29) is 17.4 Å². The van der Waals surface area contributed by atoms with Gasteiger partial charge in [0, 0.05) is 25.6 Å². The minimum Gasteiger partial charge on any atom is -0.393 e. The fourth-order valence-electron chi connectivity index (χ4n) is 7.58. The van der Waals surface area contributed by atoms with Crippen molar-refractivity contribution in [3.63, 3.8) is 0 Å². The molecule has 1 N–H and O–H groups in total. The second-order valence-corrected chi connectivity index (χ2v) is 10.4. The van der Waals surface area contributed by atoms with Crippen molar-refractivity contribution in [1.29, 1.82) is 0 Å². The minimum absolute atomic E-state index is 0.0733. The van der Waals surface area contributed by atoms with Gasteiger partial charge in [-0.25, -0.2) is 0 Å². The summed E-state index contributed by atoms with van der Waals surface area (Å²) >= 11 is 0. The largest absolute Gasteiger partial charge is 0.393 e. The highest BCUT2D eigenvalue weighted by molar-refractivity contribution is 5.82. The summed E-state index contributed by atoms with van der Waals surface area (Å²) in [4.78, 5) is 12.2. The molecule has 0 spiro atoms. The summed E-state index contributed by atoms with van der Waals surface area (Å²) in [5.41, 5.74) is 0.561. The van der Waals surface area contributed by atoms with Gasteiger partial charge in [-0.2, -0.15) is 0 Å². The Morgan fingerprint density at radius 3 is 2.30 bits per heavy atom. The van der Waals surface area contributed by atoms with Crippen molar-refractivity contribution in [1.82, 2.24) is 0 Å². The number of hydrogen-bond donors (Lipinski definition) is 1.